The van der Waals surface area contributed by atoms with Crippen LogP contribution in [0.5, 0.6) is 0 Å². The number of thiazole rings is 1. The van der Waals surface area contributed by atoms with Crippen molar-refractivity contribution < 1.29 is 9.18 Å². The molecule has 1 amide bonds. The van der Waals surface area contributed by atoms with Crippen molar-refractivity contribution in [2.45, 2.75) is 32.2 Å². The smallest absolute Gasteiger partial charge is 0.271 e. The number of nitrogens with zero attached hydrogens (tertiary/aromatic N) is 1. The number of amides is 1. The molecular weight excluding hydrogens is 372 g/mol. The van der Waals surface area contributed by atoms with Crippen molar-refractivity contribution in [2.24, 2.45) is 5.73 Å². The van der Waals surface area contributed by atoms with Crippen LogP contribution < -0.4 is 11.1 Å². The number of carbonyl (C=O) groups is 1. The summed E-state index contributed by atoms with van der Waals surface area (Å²) in [6.45, 7) is 4.35. The van der Waals surface area contributed by atoms with Crippen molar-refractivity contribution in [3.05, 3.63) is 41.2 Å². The van der Waals surface area contributed by atoms with Crippen LogP contribution in [-0.4, -0.2) is 23.0 Å². The van der Waals surface area contributed by atoms with Gasteiger partial charge in [-0.1, -0.05) is 26.0 Å². The molecule has 1 aromatic heterocycles. The van der Waals surface area contributed by atoms with Crippen molar-refractivity contribution in [1.29, 1.82) is 0 Å². The molecule has 0 radical (unpaired) electrons. The van der Waals surface area contributed by atoms with Gasteiger partial charge in [0.25, 0.3) is 5.91 Å². The van der Waals surface area contributed by atoms with Gasteiger partial charge in [0, 0.05) is 17.5 Å². The maximum Gasteiger partial charge on any atom is 0.271 e. The second kappa shape index (κ2) is 9.93. The van der Waals surface area contributed by atoms with Crippen LogP contribution >= 0.6 is 36.2 Å². The number of halogens is 3. The van der Waals surface area contributed by atoms with E-state index in [9.17, 15) is 9.18 Å². The third kappa shape index (κ3) is 4.89. The normalized spacial score (nSPS) is 10.5. The Hall–Kier alpha value is -1.21. The first-order valence-electron chi connectivity index (χ1n) is 7.28. The largest absolute Gasteiger partial charge is 0.344 e. The Kier molecular flexibility index (Phi) is 9.43. The predicted octanol–water partition coefficient (Wildman–Crippen LogP) is 4.04. The van der Waals surface area contributed by atoms with Gasteiger partial charge in [-0.2, -0.15) is 0 Å². The van der Waals surface area contributed by atoms with E-state index in [1.807, 2.05) is 13.8 Å². The van der Waals surface area contributed by atoms with E-state index in [-0.39, 0.29) is 36.5 Å². The summed E-state index contributed by atoms with van der Waals surface area (Å²) in [7, 11) is 0. The van der Waals surface area contributed by atoms with Gasteiger partial charge in [-0.15, -0.1) is 36.2 Å². The van der Waals surface area contributed by atoms with Gasteiger partial charge in [-0.25, -0.2) is 9.37 Å². The van der Waals surface area contributed by atoms with Crippen LogP contribution in [0.2, 0.25) is 0 Å². The van der Waals surface area contributed by atoms with Crippen molar-refractivity contribution in [3.63, 3.8) is 0 Å². The molecule has 8 heteroatoms. The Bertz CT molecular complexity index is 654. The second-order valence-electron chi connectivity index (χ2n) is 5.16. The molecule has 0 aliphatic carbocycles. The van der Waals surface area contributed by atoms with Crippen LogP contribution in [0, 0.1) is 5.82 Å². The van der Waals surface area contributed by atoms with Gasteiger partial charge in [-0.05, 0) is 25.0 Å². The lowest BCUT2D eigenvalue weighted by molar-refractivity contribution is 0.0891. The molecule has 1 aromatic carbocycles. The fraction of sp³-hybridized carbons (Fsp3) is 0.375. The van der Waals surface area contributed by atoms with Gasteiger partial charge in [0.1, 0.15) is 16.5 Å². The molecule has 2 rings (SSSR count). The summed E-state index contributed by atoms with van der Waals surface area (Å²) in [5.41, 5.74) is 6.07. The van der Waals surface area contributed by atoms with E-state index in [1.165, 1.54) is 17.4 Å². The number of aromatic nitrogens is 1. The predicted molar refractivity (Wildman–Crippen MR) is 102 cm³/mol. The molecule has 0 fully saturated rings. The number of hydrogen-bond donors (Lipinski definition) is 2. The molecule has 134 valence electrons. The summed E-state index contributed by atoms with van der Waals surface area (Å²) in [4.78, 5) is 16.6. The highest BCUT2D eigenvalue weighted by molar-refractivity contribution is 7.13. The monoisotopic (exact) mass is 393 g/mol. The minimum absolute atomic E-state index is 0. The van der Waals surface area contributed by atoms with Crippen LogP contribution in [0.1, 0.15) is 37.2 Å². The van der Waals surface area contributed by atoms with E-state index in [1.54, 1.807) is 23.6 Å². The van der Waals surface area contributed by atoms with Crippen LogP contribution in [0.3, 0.4) is 0 Å². The van der Waals surface area contributed by atoms with E-state index in [4.69, 9.17) is 5.73 Å². The molecule has 4 nitrogen and oxygen atoms in total. The highest BCUT2D eigenvalue weighted by atomic mass is 35.5. The van der Waals surface area contributed by atoms with E-state index in [2.05, 4.69) is 10.3 Å². The van der Waals surface area contributed by atoms with E-state index in [0.29, 0.717) is 22.8 Å². The number of nitrogens with two attached hydrogens (primary N) is 1. The summed E-state index contributed by atoms with van der Waals surface area (Å²) >= 11 is 1.25. The van der Waals surface area contributed by atoms with Crippen molar-refractivity contribution in [3.8, 4) is 10.6 Å². The first-order chi connectivity index (χ1) is 10.5. The standard InChI is InChI=1S/C16H20FN3OS.2ClH/c1-3-16(4-2,10-18)20-14(21)13-9-22-15(19-13)11-7-5-6-8-12(11)17;;/h5-9H,3-4,10,18H2,1-2H3,(H,20,21);2*1H. The average Bonchev–Trinajstić information content (AvgIpc) is 3.03. The number of rotatable bonds is 6. The quantitative estimate of drug-likeness (QED) is 0.777. The molecule has 24 heavy (non-hydrogen) atoms. The number of nitrogens with one attached hydrogen (secondary N) is 1. The molecule has 0 aliphatic heterocycles. The Morgan fingerprint density at radius 2 is 1.92 bits per heavy atom. The van der Waals surface area contributed by atoms with Crippen molar-refractivity contribution >= 4 is 42.1 Å². The van der Waals surface area contributed by atoms with Gasteiger partial charge < -0.3 is 11.1 Å². The Labute approximate surface area is 157 Å². The second-order valence-corrected chi connectivity index (χ2v) is 6.02. The van der Waals surface area contributed by atoms with E-state index >= 15 is 0 Å². The molecule has 0 unspecified atom stereocenters. The molecule has 0 atom stereocenters. The van der Waals surface area contributed by atoms with Crippen molar-refractivity contribution in [2.75, 3.05) is 6.54 Å². The minimum atomic E-state index is -0.418. The lowest BCUT2D eigenvalue weighted by Crippen LogP contribution is -2.52. The van der Waals surface area contributed by atoms with Crippen LogP contribution in [0.4, 0.5) is 4.39 Å². The first-order valence-corrected chi connectivity index (χ1v) is 8.16. The Balaban J connectivity index is 0.00000264. The van der Waals surface area contributed by atoms with Gasteiger partial charge >= 0.3 is 0 Å². The number of hydrogen-bond acceptors (Lipinski definition) is 4. The number of carbonyl (C=O) groups excluding carboxylic acids is 1. The maximum absolute atomic E-state index is 13.8. The van der Waals surface area contributed by atoms with Gasteiger partial charge in [-0.3, -0.25) is 4.79 Å². The molecule has 3 N–H and O–H groups in total. The lowest BCUT2D eigenvalue weighted by Gasteiger charge is -2.31. The van der Waals surface area contributed by atoms with Gasteiger partial charge in [0.05, 0.1) is 5.54 Å². The topological polar surface area (TPSA) is 68.0 Å². The third-order valence-corrected chi connectivity index (χ3v) is 4.84. The van der Waals surface area contributed by atoms with Crippen LogP contribution in [0.15, 0.2) is 29.6 Å². The first kappa shape index (κ1) is 22.8. The highest BCUT2D eigenvalue weighted by Gasteiger charge is 2.27. The third-order valence-electron chi connectivity index (χ3n) is 3.96. The SMILES string of the molecule is CCC(CC)(CN)NC(=O)c1csc(-c2ccccc2F)n1.Cl.Cl. The number of benzene rings is 1. The minimum Gasteiger partial charge on any atom is -0.344 e. The summed E-state index contributed by atoms with van der Waals surface area (Å²) in [6, 6.07) is 6.40. The van der Waals surface area contributed by atoms with E-state index < -0.39 is 5.54 Å². The lowest BCUT2D eigenvalue weighted by atomic mass is 9.93. The zero-order valence-electron chi connectivity index (χ0n) is 13.5. The van der Waals surface area contributed by atoms with Crippen LogP contribution in [-0.2, 0) is 0 Å². The zero-order valence-corrected chi connectivity index (χ0v) is 16.0. The van der Waals surface area contributed by atoms with Gasteiger partial charge in [0.2, 0.25) is 0 Å². The molecular formula is C16H22Cl2FN3OS. The molecule has 0 saturated carbocycles. The van der Waals surface area contributed by atoms with Crippen molar-refractivity contribution in [1.82, 2.24) is 10.3 Å². The summed E-state index contributed by atoms with van der Waals surface area (Å²) in [5.74, 6) is -0.616. The highest BCUT2D eigenvalue weighted by Crippen LogP contribution is 2.26. The molecule has 1 heterocycles. The van der Waals surface area contributed by atoms with E-state index in [0.717, 1.165) is 12.8 Å². The summed E-state index contributed by atoms with van der Waals surface area (Å²) < 4.78 is 13.8. The Morgan fingerprint density at radius 1 is 1.29 bits per heavy atom. The molecule has 0 bridgehead atoms. The zero-order chi connectivity index (χ0) is 16.2. The fourth-order valence-electron chi connectivity index (χ4n) is 2.21. The summed E-state index contributed by atoms with van der Waals surface area (Å²) in [6.07, 6.45) is 1.49. The fourth-order valence-corrected chi connectivity index (χ4v) is 3.03. The molecule has 2 aromatic rings. The molecule has 0 saturated heterocycles. The summed E-state index contributed by atoms with van der Waals surface area (Å²) in [5, 5.41) is 5.10. The average molecular weight is 394 g/mol. The van der Waals surface area contributed by atoms with Gasteiger partial charge in [0.15, 0.2) is 0 Å². The van der Waals surface area contributed by atoms with Crippen LogP contribution in [0.25, 0.3) is 10.6 Å². The Morgan fingerprint density at radius 3 is 2.46 bits per heavy atom. The maximum atomic E-state index is 13.8. The molecule has 0 aliphatic rings. The molecule has 0 spiro atoms.